The van der Waals surface area contributed by atoms with E-state index in [0.717, 1.165) is 16.0 Å². The second-order valence-electron chi connectivity index (χ2n) is 5.49. The third kappa shape index (κ3) is 4.15. The average molecular weight is 391 g/mol. The maximum absolute atomic E-state index is 12.6. The first-order chi connectivity index (χ1) is 12.6. The predicted molar refractivity (Wildman–Crippen MR) is 104 cm³/mol. The molecule has 0 aliphatic heterocycles. The number of amides is 1. The van der Waals surface area contributed by atoms with Crippen LogP contribution in [0.25, 0.3) is 10.2 Å². The second-order valence-corrected chi connectivity index (χ2v) is 6.94. The van der Waals surface area contributed by atoms with E-state index >= 15 is 0 Å². The van der Waals surface area contributed by atoms with Gasteiger partial charge in [0.15, 0.2) is 4.80 Å². The van der Waals surface area contributed by atoms with Crippen molar-refractivity contribution in [3.63, 3.8) is 0 Å². The molecule has 0 radical (unpaired) electrons. The van der Waals surface area contributed by atoms with Crippen LogP contribution in [0.1, 0.15) is 17.3 Å². The van der Waals surface area contributed by atoms with Gasteiger partial charge in [-0.15, -0.1) is 0 Å². The zero-order valence-electron chi connectivity index (χ0n) is 14.6. The van der Waals surface area contributed by atoms with Crippen LogP contribution in [0, 0.1) is 0 Å². The number of thiazole rings is 1. The molecular formula is C19H19ClN2O3S. The van der Waals surface area contributed by atoms with Crippen molar-refractivity contribution >= 4 is 39.1 Å². The van der Waals surface area contributed by atoms with Crippen molar-refractivity contribution in [3.8, 4) is 5.75 Å². The first kappa shape index (κ1) is 18.6. The number of halogens is 1. The Hall–Kier alpha value is -2.15. The van der Waals surface area contributed by atoms with Crippen LogP contribution in [0.4, 0.5) is 0 Å². The summed E-state index contributed by atoms with van der Waals surface area (Å²) >= 11 is 7.42. The van der Waals surface area contributed by atoms with Crippen molar-refractivity contribution in [2.45, 2.75) is 13.5 Å². The largest absolute Gasteiger partial charge is 0.497 e. The smallest absolute Gasteiger partial charge is 0.279 e. The standard InChI is InChI=1S/C19H19ClN2O3S/c1-3-25-10-9-22-16-8-7-15(24-2)12-17(16)26-19(22)21-18(23)13-5-4-6-14(20)11-13/h4-8,11-12H,3,9-10H2,1-2H3. The molecule has 2 aromatic carbocycles. The van der Waals surface area contributed by atoms with Gasteiger partial charge in [0.25, 0.3) is 5.91 Å². The number of aromatic nitrogens is 1. The zero-order chi connectivity index (χ0) is 18.5. The van der Waals surface area contributed by atoms with E-state index in [9.17, 15) is 4.79 Å². The number of ether oxygens (including phenoxy) is 2. The fourth-order valence-electron chi connectivity index (χ4n) is 2.56. The molecule has 0 aliphatic rings. The quantitative estimate of drug-likeness (QED) is 0.594. The topological polar surface area (TPSA) is 52.8 Å². The van der Waals surface area contributed by atoms with Crippen molar-refractivity contribution < 1.29 is 14.3 Å². The Balaban J connectivity index is 2.07. The molecule has 5 nitrogen and oxygen atoms in total. The minimum absolute atomic E-state index is 0.323. The van der Waals surface area contributed by atoms with Crippen LogP contribution in [-0.2, 0) is 11.3 Å². The maximum atomic E-state index is 12.6. The molecule has 7 heteroatoms. The molecule has 0 saturated carbocycles. The molecule has 1 amide bonds. The van der Waals surface area contributed by atoms with Gasteiger partial charge >= 0.3 is 0 Å². The van der Waals surface area contributed by atoms with Crippen molar-refractivity contribution in [1.29, 1.82) is 0 Å². The van der Waals surface area contributed by atoms with Crippen LogP contribution in [0.5, 0.6) is 5.75 Å². The SMILES string of the molecule is CCOCCn1c(=NC(=O)c2cccc(Cl)c2)sc2cc(OC)ccc21. The van der Waals surface area contributed by atoms with E-state index in [1.165, 1.54) is 11.3 Å². The molecule has 0 bridgehead atoms. The predicted octanol–water partition coefficient (Wildman–Crippen LogP) is 4.14. The monoisotopic (exact) mass is 390 g/mol. The molecule has 1 heterocycles. The minimum Gasteiger partial charge on any atom is -0.497 e. The summed E-state index contributed by atoms with van der Waals surface area (Å²) in [6.45, 7) is 3.76. The number of rotatable bonds is 6. The van der Waals surface area contributed by atoms with Gasteiger partial charge in [-0.05, 0) is 43.3 Å². The Morgan fingerprint density at radius 3 is 2.85 bits per heavy atom. The zero-order valence-corrected chi connectivity index (χ0v) is 16.1. The maximum Gasteiger partial charge on any atom is 0.279 e. The van der Waals surface area contributed by atoms with Gasteiger partial charge in [-0.2, -0.15) is 4.99 Å². The molecule has 0 unspecified atom stereocenters. The van der Waals surface area contributed by atoms with Crippen molar-refractivity contribution in [2.75, 3.05) is 20.3 Å². The molecule has 0 fully saturated rings. The fraction of sp³-hybridized carbons (Fsp3) is 0.263. The van der Waals surface area contributed by atoms with E-state index in [-0.39, 0.29) is 5.91 Å². The molecule has 3 rings (SSSR count). The molecule has 26 heavy (non-hydrogen) atoms. The summed E-state index contributed by atoms with van der Waals surface area (Å²) in [4.78, 5) is 17.5. The van der Waals surface area contributed by atoms with Crippen molar-refractivity contribution in [2.24, 2.45) is 4.99 Å². The number of hydrogen-bond acceptors (Lipinski definition) is 4. The van der Waals surface area contributed by atoms with E-state index in [1.54, 1.807) is 31.4 Å². The normalized spacial score (nSPS) is 11.9. The lowest BCUT2D eigenvalue weighted by Gasteiger charge is -2.06. The Morgan fingerprint density at radius 2 is 2.12 bits per heavy atom. The Morgan fingerprint density at radius 1 is 1.27 bits per heavy atom. The number of nitrogens with zero attached hydrogens (tertiary/aromatic N) is 2. The first-order valence-corrected chi connectivity index (χ1v) is 9.41. The van der Waals surface area contributed by atoms with E-state index < -0.39 is 0 Å². The molecule has 0 spiro atoms. The highest BCUT2D eigenvalue weighted by Crippen LogP contribution is 2.23. The summed E-state index contributed by atoms with van der Waals surface area (Å²) in [6, 6.07) is 12.6. The molecule has 3 aromatic rings. The number of carbonyl (C=O) groups excluding carboxylic acids is 1. The van der Waals surface area contributed by atoms with Crippen molar-refractivity contribution in [3.05, 3.63) is 57.9 Å². The highest BCUT2D eigenvalue weighted by atomic mass is 35.5. The average Bonchev–Trinajstić information content (AvgIpc) is 2.98. The highest BCUT2D eigenvalue weighted by Gasteiger charge is 2.10. The Bertz CT molecular complexity index is 994. The van der Waals surface area contributed by atoms with Crippen LogP contribution in [0.15, 0.2) is 47.5 Å². The number of benzene rings is 2. The van der Waals surface area contributed by atoms with Crippen LogP contribution in [0.2, 0.25) is 5.02 Å². The summed E-state index contributed by atoms with van der Waals surface area (Å²) in [5, 5.41) is 0.511. The summed E-state index contributed by atoms with van der Waals surface area (Å²) in [6.07, 6.45) is 0. The van der Waals surface area contributed by atoms with Gasteiger partial charge in [-0.25, -0.2) is 0 Å². The third-order valence-electron chi connectivity index (χ3n) is 3.82. The van der Waals surface area contributed by atoms with E-state index in [2.05, 4.69) is 4.99 Å². The lowest BCUT2D eigenvalue weighted by Crippen LogP contribution is -2.19. The highest BCUT2D eigenvalue weighted by molar-refractivity contribution is 7.16. The third-order valence-corrected chi connectivity index (χ3v) is 5.10. The number of carbonyl (C=O) groups is 1. The number of methoxy groups -OCH3 is 1. The van der Waals surface area contributed by atoms with E-state index in [0.29, 0.717) is 35.1 Å². The van der Waals surface area contributed by atoms with Crippen LogP contribution >= 0.6 is 22.9 Å². The molecule has 136 valence electrons. The summed E-state index contributed by atoms with van der Waals surface area (Å²) in [5.74, 6) is 0.444. The lowest BCUT2D eigenvalue weighted by atomic mass is 10.2. The summed E-state index contributed by atoms with van der Waals surface area (Å²) in [7, 11) is 1.63. The molecule has 0 atom stereocenters. The van der Waals surface area contributed by atoms with Crippen molar-refractivity contribution in [1.82, 2.24) is 4.57 Å². The minimum atomic E-state index is -0.323. The Kier molecular flexibility index (Phi) is 6.08. The molecule has 0 aliphatic carbocycles. The van der Waals surface area contributed by atoms with Gasteiger partial charge in [0.05, 0.1) is 23.9 Å². The lowest BCUT2D eigenvalue weighted by molar-refractivity contribution is 0.0996. The molecule has 0 saturated heterocycles. The first-order valence-electron chi connectivity index (χ1n) is 8.22. The van der Waals surface area contributed by atoms with Gasteiger partial charge < -0.3 is 14.0 Å². The van der Waals surface area contributed by atoms with Gasteiger partial charge in [-0.3, -0.25) is 4.79 Å². The molecule has 1 aromatic heterocycles. The molecule has 0 N–H and O–H groups in total. The van der Waals surface area contributed by atoms with Gasteiger partial charge in [0.1, 0.15) is 5.75 Å². The fourth-order valence-corrected chi connectivity index (χ4v) is 3.83. The van der Waals surface area contributed by atoms with E-state index in [4.69, 9.17) is 21.1 Å². The van der Waals surface area contributed by atoms with Gasteiger partial charge in [0, 0.05) is 23.7 Å². The molecular weight excluding hydrogens is 372 g/mol. The van der Waals surface area contributed by atoms with E-state index in [1.807, 2.05) is 29.7 Å². The van der Waals surface area contributed by atoms with Crippen LogP contribution < -0.4 is 9.54 Å². The van der Waals surface area contributed by atoms with Gasteiger partial charge in [0.2, 0.25) is 0 Å². The van der Waals surface area contributed by atoms with Crippen LogP contribution in [-0.4, -0.2) is 30.8 Å². The van der Waals surface area contributed by atoms with Crippen LogP contribution in [0.3, 0.4) is 0 Å². The second kappa shape index (κ2) is 8.49. The summed E-state index contributed by atoms with van der Waals surface area (Å²) in [5.41, 5.74) is 1.46. The summed E-state index contributed by atoms with van der Waals surface area (Å²) < 4.78 is 13.8. The number of hydrogen-bond donors (Lipinski definition) is 0. The Labute approximate surface area is 160 Å². The van der Waals surface area contributed by atoms with Gasteiger partial charge in [-0.1, -0.05) is 29.0 Å². The number of fused-ring (bicyclic) bond motifs is 1.